The molecule has 1 heterocycles. The Bertz CT molecular complexity index is 1150. The highest BCUT2D eigenvalue weighted by atomic mass is 35.5. The van der Waals surface area contributed by atoms with Crippen LogP contribution in [0.1, 0.15) is 32.1 Å². The van der Waals surface area contributed by atoms with Gasteiger partial charge in [-0.2, -0.15) is 4.31 Å². The molecule has 0 unspecified atom stereocenters. The number of sulfonamides is 1. The highest BCUT2D eigenvalue weighted by molar-refractivity contribution is 7.89. The summed E-state index contributed by atoms with van der Waals surface area (Å²) in [6.07, 6.45) is 4.35. The standard InChI is InChI=1S/C25H31ClFN3O4S/c1-34-24-12-11-20(17-21(24)26)35(32,33)30(19-7-3-2-4-8-19)18-25(31)29-15-13-28(14-16-29)23-10-6-5-9-22(23)27/h5-6,9-12,17,19H,2-4,7-8,13-16,18H2,1H3. The molecule has 0 spiro atoms. The van der Waals surface area contributed by atoms with E-state index in [0.29, 0.717) is 37.6 Å². The summed E-state index contributed by atoms with van der Waals surface area (Å²) in [5.74, 6) is -0.148. The Kier molecular flexibility index (Phi) is 8.19. The monoisotopic (exact) mass is 523 g/mol. The molecule has 35 heavy (non-hydrogen) atoms. The maximum absolute atomic E-state index is 14.2. The fourth-order valence-electron chi connectivity index (χ4n) is 4.86. The van der Waals surface area contributed by atoms with E-state index in [1.165, 1.54) is 35.7 Å². The third kappa shape index (κ3) is 5.73. The van der Waals surface area contributed by atoms with Crippen LogP contribution in [0, 0.1) is 5.82 Å². The van der Waals surface area contributed by atoms with Crippen molar-refractivity contribution in [3.63, 3.8) is 0 Å². The minimum Gasteiger partial charge on any atom is -0.495 e. The molecule has 0 bridgehead atoms. The molecule has 1 aliphatic carbocycles. The maximum Gasteiger partial charge on any atom is 0.243 e. The van der Waals surface area contributed by atoms with Crippen molar-refractivity contribution in [3.05, 3.63) is 53.3 Å². The summed E-state index contributed by atoms with van der Waals surface area (Å²) in [6, 6.07) is 10.7. The number of methoxy groups -OCH3 is 1. The van der Waals surface area contributed by atoms with E-state index in [0.717, 1.165) is 32.1 Å². The molecule has 0 aromatic heterocycles. The van der Waals surface area contributed by atoms with Crippen LogP contribution in [-0.4, -0.2) is 69.4 Å². The van der Waals surface area contributed by atoms with Crippen molar-refractivity contribution in [1.82, 2.24) is 9.21 Å². The second-order valence-corrected chi connectivity index (χ2v) is 11.3. The second kappa shape index (κ2) is 11.1. The van der Waals surface area contributed by atoms with Gasteiger partial charge in [0.15, 0.2) is 0 Å². The molecule has 7 nitrogen and oxygen atoms in total. The number of nitrogens with zero attached hydrogens (tertiary/aromatic N) is 3. The SMILES string of the molecule is COc1ccc(S(=O)(=O)N(CC(=O)N2CCN(c3ccccc3F)CC2)C2CCCCC2)cc1Cl. The molecule has 1 amide bonds. The Morgan fingerprint density at radius 2 is 1.77 bits per heavy atom. The van der Waals surface area contributed by atoms with Gasteiger partial charge >= 0.3 is 0 Å². The minimum absolute atomic E-state index is 0.0473. The smallest absolute Gasteiger partial charge is 0.243 e. The van der Waals surface area contributed by atoms with Gasteiger partial charge in [0.05, 0.1) is 29.3 Å². The highest BCUT2D eigenvalue weighted by Gasteiger charge is 2.36. The molecule has 1 saturated carbocycles. The van der Waals surface area contributed by atoms with Crippen molar-refractivity contribution in [2.75, 3.05) is 44.7 Å². The van der Waals surface area contributed by atoms with Crippen molar-refractivity contribution in [3.8, 4) is 5.75 Å². The third-order valence-electron chi connectivity index (χ3n) is 6.83. The zero-order chi connectivity index (χ0) is 25.0. The van der Waals surface area contributed by atoms with Gasteiger partial charge in [-0.25, -0.2) is 12.8 Å². The highest BCUT2D eigenvalue weighted by Crippen LogP contribution is 2.32. The number of rotatable bonds is 7. The van der Waals surface area contributed by atoms with Crippen molar-refractivity contribution in [1.29, 1.82) is 0 Å². The van der Waals surface area contributed by atoms with Gasteiger partial charge in [0.25, 0.3) is 0 Å². The number of hydrogen-bond donors (Lipinski definition) is 0. The summed E-state index contributed by atoms with van der Waals surface area (Å²) in [5.41, 5.74) is 0.516. The zero-order valence-electron chi connectivity index (χ0n) is 19.8. The lowest BCUT2D eigenvalue weighted by atomic mass is 9.95. The maximum atomic E-state index is 14.2. The molecule has 190 valence electrons. The summed E-state index contributed by atoms with van der Waals surface area (Å²) < 4.78 is 48.0. The summed E-state index contributed by atoms with van der Waals surface area (Å²) in [4.78, 5) is 16.9. The van der Waals surface area contributed by atoms with E-state index >= 15 is 0 Å². The van der Waals surface area contributed by atoms with E-state index in [2.05, 4.69) is 0 Å². The number of benzene rings is 2. The Morgan fingerprint density at radius 3 is 2.40 bits per heavy atom. The number of carbonyl (C=O) groups is 1. The average molecular weight is 524 g/mol. The first-order valence-corrected chi connectivity index (χ1v) is 13.8. The molecular weight excluding hydrogens is 493 g/mol. The van der Waals surface area contributed by atoms with Crippen LogP contribution in [0.5, 0.6) is 5.75 Å². The fourth-order valence-corrected chi connectivity index (χ4v) is 6.84. The first-order chi connectivity index (χ1) is 16.8. The van der Waals surface area contributed by atoms with E-state index in [1.54, 1.807) is 23.1 Å². The van der Waals surface area contributed by atoms with Gasteiger partial charge < -0.3 is 14.5 Å². The second-order valence-electron chi connectivity index (χ2n) is 8.96. The van der Waals surface area contributed by atoms with Gasteiger partial charge in [0.1, 0.15) is 11.6 Å². The molecular formula is C25H31ClFN3O4S. The molecule has 2 aromatic rings. The molecule has 0 radical (unpaired) electrons. The Balaban J connectivity index is 1.50. The number of para-hydroxylation sites is 1. The van der Waals surface area contributed by atoms with E-state index in [-0.39, 0.29) is 34.2 Å². The van der Waals surface area contributed by atoms with Gasteiger partial charge in [0, 0.05) is 32.2 Å². The quantitative estimate of drug-likeness (QED) is 0.545. The van der Waals surface area contributed by atoms with Crippen LogP contribution in [0.3, 0.4) is 0 Å². The van der Waals surface area contributed by atoms with Gasteiger partial charge in [-0.15, -0.1) is 0 Å². The topological polar surface area (TPSA) is 70.2 Å². The van der Waals surface area contributed by atoms with Crippen molar-refractivity contribution in [2.24, 2.45) is 0 Å². The molecule has 1 aliphatic heterocycles. The lowest BCUT2D eigenvalue weighted by molar-refractivity contribution is -0.132. The molecule has 1 saturated heterocycles. The molecule has 10 heteroatoms. The van der Waals surface area contributed by atoms with Crippen molar-refractivity contribution < 1.29 is 22.3 Å². The first-order valence-electron chi connectivity index (χ1n) is 11.9. The predicted octanol–water partition coefficient (Wildman–Crippen LogP) is 4.16. The van der Waals surface area contributed by atoms with Crippen LogP contribution in [0.4, 0.5) is 10.1 Å². The number of amides is 1. The lowest BCUT2D eigenvalue weighted by Gasteiger charge is -2.38. The number of anilines is 1. The van der Waals surface area contributed by atoms with E-state index in [4.69, 9.17) is 16.3 Å². The number of piperazine rings is 1. The summed E-state index contributed by atoms with van der Waals surface area (Å²) in [5, 5.41) is 0.202. The normalized spacial score (nSPS) is 17.6. The van der Waals surface area contributed by atoms with Crippen molar-refractivity contribution in [2.45, 2.75) is 43.0 Å². The molecule has 2 aliphatic rings. The van der Waals surface area contributed by atoms with Crippen LogP contribution >= 0.6 is 11.6 Å². The molecule has 0 N–H and O–H groups in total. The Hall–Kier alpha value is -2.36. The molecule has 4 rings (SSSR count). The van der Waals surface area contributed by atoms with Gasteiger partial charge in [-0.05, 0) is 43.2 Å². The number of hydrogen-bond acceptors (Lipinski definition) is 5. The van der Waals surface area contributed by atoms with Crippen LogP contribution in [-0.2, 0) is 14.8 Å². The fraction of sp³-hybridized carbons (Fsp3) is 0.480. The first kappa shape index (κ1) is 25.7. The Labute approximate surface area is 211 Å². The molecule has 2 fully saturated rings. The number of carbonyl (C=O) groups excluding carboxylic acids is 1. The number of halogens is 2. The number of ether oxygens (including phenoxy) is 1. The van der Waals surface area contributed by atoms with Crippen LogP contribution in [0.2, 0.25) is 5.02 Å². The minimum atomic E-state index is -3.96. The van der Waals surface area contributed by atoms with Crippen LogP contribution in [0.25, 0.3) is 0 Å². The molecule has 0 atom stereocenters. The van der Waals surface area contributed by atoms with Crippen LogP contribution < -0.4 is 9.64 Å². The average Bonchev–Trinajstić information content (AvgIpc) is 2.88. The molecule has 2 aromatic carbocycles. The van der Waals surface area contributed by atoms with Gasteiger partial charge in [0.2, 0.25) is 15.9 Å². The Morgan fingerprint density at radius 1 is 1.09 bits per heavy atom. The summed E-state index contributed by atoms with van der Waals surface area (Å²) >= 11 is 6.21. The van der Waals surface area contributed by atoms with Crippen molar-refractivity contribution >= 4 is 33.2 Å². The van der Waals surface area contributed by atoms with Gasteiger partial charge in [-0.1, -0.05) is 43.0 Å². The predicted molar refractivity (Wildman–Crippen MR) is 134 cm³/mol. The van der Waals surface area contributed by atoms with E-state index in [1.807, 2.05) is 4.90 Å². The summed E-state index contributed by atoms with van der Waals surface area (Å²) in [7, 11) is -2.49. The lowest BCUT2D eigenvalue weighted by Crippen LogP contribution is -2.53. The van der Waals surface area contributed by atoms with Crippen LogP contribution in [0.15, 0.2) is 47.4 Å². The van der Waals surface area contributed by atoms with Gasteiger partial charge in [-0.3, -0.25) is 4.79 Å². The van der Waals surface area contributed by atoms with E-state index < -0.39 is 10.0 Å². The summed E-state index contributed by atoms with van der Waals surface area (Å²) in [6.45, 7) is 1.55. The zero-order valence-corrected chi connectivity index (χ0v) is 21.4. The largest absolute Gasteiger partial charge is 0.495 e. The third-order valence-corrected chi connectivity index (χ3v) is 9.02. The van der Waals surface area contributed by atoms with E-state index in [9.17, 15) is 17.6 Å².